The molecular formula is C10H13NOS. The Kier molecular flexibility index (Phi) is 2.74. The summed E-state index contributed by atoms with van der Waals surface area (Å²) >= 11 is 1.70. The zero-order chi connectivity index (χ0) is 9.10. The number of thioether (sulfide) groups is 1. The fourth-order valence-corrected chi connectivity index (χ4v) is 1.58. The van der Waals surface area contributed by atoms with Crippen LogP contribution in [0.25, 0.3) is 0 Å². The number of nitrogens with zero attached hydrogens (tertiary/aromatic N) is 1. The molecule has 0 unspecified atom stereocenters. The van der Waals surface area contributed by atoms with Gasteiger partial charge in [-0.1, -0.05) is 0 Å². The van der Waals surface area contributed by atoms with E-state index < -0.39 is 0 Å². The van der Waals surface area contributed by atoms with Crippen LogP contribution in [0.5, 0.6) is 5.88 Å². The summed E-state index contributed by atoms with van der Waals surface area (Å²) in [5.41, 5.74) is 0. The molecule has 0 atom stereocenters. The van der Waals surface area contributed by atoms with Crippen LogP contribution in [0, 0.1) is 0 Å². The highest BCUT2D eigenvalue weighted by molar-refractivity contribution is 7.98. The zero-order valence-electron chi connectivity index (χ0n) is 7.69. The summed E-state index contributed by atoms with van der Waals surface area (Å²) in [5.74, 6) is 0.766. The highest BCUT2D eigenvalue weighted by Gasteiger charge is 2.19. The van der Waals surface area contributed by atoms with Crippen molar-refractivity contribution in [3.05, 3.63) is 18.3 Å². The SMILES string of the molecule is CSc1ccc(OC2CCC2)nc1. The summed E-state index contributed by atoms with van der Waals surface area (Å²) in [6.07, 6.45) is 8.00. The Morgan fingerprint density at radius 2 is 2.31 bits per heavy atom. The second kappa shape index (κ2) is 4.01. The zero-order valence-corrected chi connectivity index (χ0v) is 8.51. The van der Waals surface area contributed by atoms with Gasteiger partial charge in [0.05, 0.1) is 0 Å². The summed E-state index contributed by atoms with van der Waals surface area (Å²) in [6.45, 7) is 0. The van der Waals surface area contributed by atoms with E-state index in [2.05, 4.69) is 4.98 Å². The molecule has 1 fully saturated rings. The van der Waals surface area contributed by atoms with E-state index in [9.17, 15) is 0 Å². The molecule has 1 aromatic heterocycles. The first-order valence-electron chi connectivity index (χ1n) is 4.55. The Balaban J connectivity index is 1.96. The predicted octanol–water partition coefficient (Wildman–Crippen LogP) is 2.73. The maximum absolute atomic E-state index is 5.63. The van der Waals surface area contributed by atoms with Gasteiger partial charge in [0, 0.05) is 17.2 Å². The van der Waals surface area contributed by atoms with Crippen molar-refractivity contribution in [3.8, 4) is 5.88 Å². The highest BCUT2D eigenvalue weighted by Crippen LogP contribution is 2.24. The molecule has 1 aliphatic rings. The van der Waals surface area contributed by atoms with Crippen molar-refractivity contribution >= 4 is 11.8 Å². The number of aromatic nitrogens is 1. The van der Waals surface area contributed by atoms with Crippen molar-refractivity contribution in [2.24, 2.45) is 0 Å². The van der Waals surface area contributed by atoms with E-state index in [1.807, 2.05) is 24.6 Å². The summed E-state index contributed by atoms with van der Waals surface area (Å²) in [5, 5.41) is 0. The first-order valence-corrected chi connectivity index (χ1v) is 5.77. The van der Waals surface area contributed by atoms with Gasteiger partial charge in [0.2, 0.25) is 5.88 Å². The van der Waals surface area contributed by atoms with E-state index in [4.69, 9.17) is 4.74 Å². The van der Waals surface area contributed by atoms with Crippen LogP contribution in [-0.4, -0.2) is 17.3 Å². The van der Waals surface area contributed by atoms with Crippen molar-refractivity contribution in [1.29, 1.82) is 0 Å². The van der Waals surface area contributed by atoms with Crippen molar-refractivity contribution in [3.63, 3.8) is 0 Å². The van der Waals surface area contributed by atoms with Gasteiger partial charge < -0.3 is 4.74 Å². The van der Waals surface area contributed by atoms with Gasteiger partial charge in [-0.25, -0.2) is 4.98 Å². The molecule has 0 spiro atoms. The molecule has 3 heteroatoms. The Morgan fingerprint density at radius 1 is 1.46 bits per heavy atom. The number of rotatable bonds is 3. The molecule has 0 aromatic carbocycles. The van der Waals surface area contributed by atoms with Gasteiger partial charge in [0.15, 0.2) is 0 Å². The molecule has 2 rings (SSSR count). The molecule has 0 radical (unpaired) electrons. The topological polar surface area (TPSA) is 22.1 Å². The highest BCUT2D eigenvalue weighted by atomic mass is 32.2. The van der Waals surface area contributed by atoms with Crippen molar-refractivity contribution in [1.82, 2.24) is 4.98 Å². The van der Waals surface area contributed by atoms with E-state index in [0.717, 1.165) is 5.88 Å². The Morgan fingerprint density at radius 3 is 2.77 bits per heavy atom. The van der Waals surface area contributed by atoms with E-state index >= 15 is 0 Å². The quantitative estimate of drug-likeness (QED) is 0.692. The van der Waals surface area contributed by atoms with Crippen LogP contribution in [0.1, 0.15) is 19.3 Å². The molecule has 70 valence electrons. The molecule has 0 bridgehead atoms. The van der Waals surface area contributed by atoms with Gasteiger partial charge in [-0.2, -0.15) is 0 Å². The number of hydrogen-bond acceptors (Lipinski definition) is 3. The summed E-state index contributed by atoms with van der Waals surface area (Å²) < 4.78 is 5.63. The van der Waals surface area contributed by atoms with Gasteiger partial charge in [-0.05, 0) is 31.6 Å². The number of hydrogen-bond donors (Lipinski definition) is 0. The normalized spacial score (nSPS) is 16.7. The average molecular weight is 195 g/mol. The second-order valence-electron chi connectivity index (χ2n) is 3.21. The lowest BCUT2D eigenvalue weighted by Gasteiger charge is -2.25. The van der Waals surface area contributed by atoms with Crippen molar-refractivity contribution < 1.29 is 4.74 Å². The third kappa shape index (κ3) is 2.15. The van der Waals surface area contributed by atoms with Crippen LogP contribution in [0.3, 0.4) is 0 Å². The van der Waals surface area contributed by atoms with E-state index in [1.54, 1.807) is 11.8 Å². The lowest BCUT2D eigenvalue weighted by atomic mass is 9.96. The predicted molar refractivity (Wildman–Crippen MR) is 54.3 cm³/mol. The van der Waals surface area contributed by atoms with Gasteiger partial charge in [-0.3, -0.25) is 0 Å². The third-order valence-electron chi connectivity index (χ3n) is 2.28. The van der Waals surface area contributed by atoms with Crippen LogP contribution < -0.4 is 4.74 Å². The van der Waals surface area contributed by atoms with Crippen LogP contribution >= 0.6 is 11.8 Å². The fraction of sp³-hybridized carbons (Fsp3) is 0.500. The van der Waals surface area contributed by atoms with Gasteiger partial charge in [-0.15, -0.1) is 11.8 Å². The molecule has 0 saturated heterocycles. The molecular weight excluding hydrogens is 182 g/mol. The summed E-state index contributed by atoms with van der Waals surface area (Å²) in [4.78, 5) is 5.41. The van der Waals surface area contributed by atoms with Crippen LogP contribution in [0.15, 0.2) is 23.2 Å². The Bertz CT molecular complexity index is 269. The molecule has 1 aliphatic carbocycles. The molecule has 2 nitrogen and oxygen atoms in total. The van der Waals surface area contributed by atoms with Gasteiger partial charge in [0.25, 0.3) is 0 Å². The minimum absolute atomic E-state index is 0.424. The minimum Gasteiger partial charge on any atom is -0.474 e. The lowest BCUT2D eigenvalue weighted by molar-refractivity contribution is 0.114. The largest absolute Gasteiger partial charge is 0.474 e. The maximum Gasteiger partial charge on any atom is 0.213 e. The van der Waals surface area contributed by atoms with E-state index in [-0.39, 0.29) is 0 Å². The third-order valence-corrected chi connectivity index (χ3v) is 3.00. The Hall–Kier alpha value is -0.700. The molecule has 0 amide bonds. The molecule has 0 aliphatic heterocycles. The van der Waals surface area contributed by atoms with Gasteiger partial charge in [0.1, 0.15) is 6.10 Å². The molecule has 1 heterocycles. The van der Waals surface area contributed by atoms with Crippen LogP contribution in [-0.2, 0) is 0 Å². The number of pyridine rings is 1. The standard InChI is InChI=1S/C10H13NOS/c1-13-9-5-6-10(11-7-9)12-8-3-2-4-8/h5-8H,2-4H2,1H3. The van der Waals surface area contributed by atoms with Crippen LogP contribution in [0.2, 0.25) is 0 Å². The van der Waals surface area contributed by atoms with E-state index in [1.165, 1.54) is 24.2 Å². The van der Waals surface area contributed by atoms with Gasteiger partial charge >= 0.3 is 0 Å². The molecule has 1 aromatic rings. The second-order valence-corrected chi connectivity index (χ2v) is 4.09. The fourth-order valence-electron chi connectivity index (χ4n) is 1.22. The summed E-state index contributed by atoms with van der Waals surface area (Å²) in [6, 6.07) is 4.00. The Labute approximate surface area is 82.7 Å². The number of ether oxygens (including phenoxy) is 1. The first kappa shape index (κ1) is 8.88. The molecule has 13 heavy (non-hydrogen) atoms. The average Bonchev–Trinajstić information content (AvgIpc) is 2.12. The van der Waals surface area contributed by atoms with E-state index in [0.29, 0.717) is 6.10 Å². The molecule has 1 saturated carbocycles. The monoisotopic (exact) mass is 195 g/mol. The van der Waals surface area contributed by atoms with Crippen molar-refractivity contribution in [2.75, 3.05) is 6.26 Å². The smallest absolute Gasteiger partial charge is 0.213 e. The minimum atomic E-state index is 0.424. The lowest BCUT2D eigenvalue weighted by Crippen LogP contribution is -2.24. The first-order chi connectivity index (χ1) is 6.38. The van der Waals surface area contributed by atoms with Crippen molar-refractivity contribution in [2.45, 2.75) is 30.3 Å². The summed E-state index contributed by atoms with van der Waals surface area (Å²) in [7, 11) is 0. The van der Waals surface area contributed by atoms with Crippen LogP contribution in [0.4, 0.5) is 0 Å². The molecule has 0 N–H and O–H groups in total. The maximum atomic E-state index is 5.63.